The minimum Gasteiger partial charge on any atom is -0.461 e. The van der Waals surface area contributed by atoms with Crippen molar-refractivity contribution in [3.05, 3.63) is 36.4 Å². The van der Waals surface area contributed by atoms with Crippen molar-refractivity contribution in [3.8, 4) is 11.3 Å². The number of rotatable bonds is 5. The largest absolute Gasteiger partial charge is 0.461 e. The maximum Gasteiger partial charge on any atom is 0.312 e. The molecule has 9 heteroatoms. The highest BCUT2D eigenvalue weighted by Crippen LogP contribution is 2.41. The van der Waals surface area contributed by atoms with Gasteiger partial charge in [-0.1, -0.05) is 5.16 Å². The summed E-state index contributed by atoms with van der Waals surface area (Å²) in [6.07, 6.45) is 6.02. The predicted octanol–water partition coefficient (Wildman–Crippen LogP) is 2.70. The number of carbonyl (C=O) groups excluding carboxylic acids is 1. The van der Waals surface area contributed by atoms with Gasteiger partial charge >= 0.3 is 5.97 Å². The van der Waals surface area contributed by atoms with Gasteiger partial charge in [0, 0.05) is 37.0 Å². The van der Waals surface area contributed by atoms with Crippen LogP contribution in [0.1, 0.15) is 25.0 Å². The summed E-state index contributed by atoms with van der Waals surface area (Å²) in [5, 5.41) is 7.44. The number of piperidine rings is 1. The number of carbonyl (C=O) groups is 1. The Labute approximate surface area is 177 Å². The van der Waals surface area contributed by atoms with Crippen molar-refractivity contribution in [2.24, 2.45) is 5.41 Å². The third-order valence-corrected chi connectivity index (χ3v) is 5.34. The Morgan fingerprint density at radius 2 is 2.11 bits per heavy atom. The van der Waals surface area contributed by atoms with E-state index in [1.165, 1.54) is 0 Å². The van der Waals surface area contributed by atoms with Gasteiger partial charge in [-0.15, -0.1) is 24.8 Å². The number of aromatic nitrogens is 2. The van der Waals surface area contributed by atoms with E-state index in [4.69, 9.17) is 9.26 Å². The van der Waals surface area contributed by atoms with Crippen molar-refractivity contribution in [1.29, 1.82) is 0 Å². The number of nitrogens with zero attached hydrogens (tertiary/aromatic N) is 3. The van der Waals surface area contributed by atoms with Gasteiger partial charge in [-0.05, 0) is 45.1 Å². The van der Waals surface area contributed by atoms with E-state index in [0.29, 0.717) is 13.1 Å². The minimum atomic E-state index is -0.267. The van der Waals surface area contributed by atoms with Gasteiger partial charge in [0.05, 0.1) is 12.0 Å². The molecule has 2 saturated heterocycles. The molecule has 2 fully saturated rings. The molecule has 1 spiro atoms. The lowest BCUT2D eigenvalue weighted by Crippen LogP contribution is -2.39. The lowest BCUT2D eigenvalue weighted by molar-refractivity contribution is -0.150. The first-order chi connectivity index (χ1) is 12.6. The second kappa shape index (κ2) is 9.69. The molecular weight excluding hydrogens is 403 g/mol. The predicted molar refractivity (Wildman–Crippen MR) is 110 cm³/mol. The van der Waals surface area contributed by atoms with Crippen LogP contribution in [0.5, 0.6) is 0 Å². The Balaban J connectivity index is 0.00000140. The van der Waals surface area contributed by atoms with Crippen molar-refractivity contribution >= 4 is 30.8 Å². The molecule has 154 valence electrons. The molecule has 2 aromatic heterocycles. The smallest absolute Gasteiger partial charge is 0.312 e. The van der Waals surface area contributed by atoms with Crippen LogP contribution < -0.4 is 5.32 Å². The molecule has 0 saturated carbocycles. The number of halogens is 2. The number of pyridine rings is 1. The van der Waals surface area contributed by atoms with Gasteiger partial charge in [-0.2, -0.15) is 0 Å². The van der Waals surface area contributed by atoms with E-state index in [1.807, 2.05) is 25.2 Å². The molecular formula is C19H26Cl2N4O3. The lowest BCUT2D eigenvalue weighted by Gasteiger charge is -2.29. The van der Waals surface area contributed by atoms with Crippen LogP contribution in [-0.2, 0) is 16.1 Å². The highest BCUT2D eigenvalue weighted by atomic mass is 35.5. The summed E-state index contributed by atoms with van der Waals surface area (Å²) < 4.78 is 11.1. The first kappa shape index (κ1) is 22.6. The molecule has 2 aromatic rings. The molecule has 1 atom stereocenters. The number of nitrogens with one attached hydrogen (secondary N) is 1. The summed E-state index contributed by atoms with van der Waals surface area (Å²) in [5.74, 6) is 0.767. The van der Waals surface area contributed by atoms with Gasteiger partial charge in [0.1, 0.15) is 11.8 Å². The van der Waals surface area contributed by atoms with Gasteiger partial charge < -0.3 is 14.6 Å². The van der Waals surface area contributed by atoms with Crippen LogP contribution in [-0.4, -0.2) is 53.8 Å². The summed E-state index contributed by atoms with van der Waals surface area (Å²) >= 11 is 0. The van der Waals surface area contributed by atoms with E-state index < -0.39 is 0 Å². The highest BCUT2D eigenvalue weighted by Gasteiger charge is 2.49. The van der Waals surface area contributed by atoms with Gasteiger partial charge in [0.2, 0.25) is 0 Å². The number of hydrogen-bond acceptors (Lipinski definition) is 7. The maximum atomic E-state index is 12.4. The molecule has 4 rings (SSSR count). The highest BCUT2D eigenvalue weighted by molar-refractivity contribution is 5.85. The first-order valence-corrected chi connectivity index (χ1v) is 9.11. The average Bonchev–Trinajstić information content (AvgIpc) is 3.22. The molecule has 28 heavy (non-hydrogen) atoms. The van der Waals surface area contributed by atoms with Crippen LogP contribution in [0, 0.1) is 5.41 Å². The third kappa shape index (κ3) is 4.84. The van der Waals surface area contributed by atoms with Crippen LogP contribution in [0.15, 0.2) is 35.1 Å². The zero-order valence-electron chi connectivity index (χ0n) is 15.8. The number of esters is 1. The van der Waals surface area contributed by atoms with E-state index in [9.17, 15) is 4.79 Å². The molecule has 2 aliphatic rings. The molecule has 0 aliphatic carbocycles. The van der Waals surface area contributed by atoms with Crippen LogP contribution >= 0.6 is 24.8 Å². The van der Waals surface area contributed by atoms with Crippen molar-refractivity contribution < 1.29 is 14.1 Å². The Kier molecular flexibility index (Phi) is 7.83. The van der Waals surface area contributed by atoms with Crippen molar-refractivity contribution in [1.82, 2.24) is 20.4 Å². The van der Waals surface area contributed by atoms with Crippen molar-refractivity contribution in [2.75, 3.05) is 26.7 Å². The van der Waals surface area contributed by atoms with E-state index in [-0.39, 0.29) is 42.3 Å². The SMILES string of the molecule is CN(Cc1cc(-c2cccnc2)no1)CC1CC2(CCNCC2)C(=O)O1.Cl.Cl. The van der Waals surface area contributed by atoms with Crippen LogP contribution in [0.2, 0.25) is 0 Å². The summed E-state index contributed by atoms with van der Waals surface area (Å²) in [5.41, 5.74) is 1.45. The van der Waals surface area contributed by atoms with Gasteiger partial charge in [-0.3, -0.25) is 14.7 Å². The van der Waals surface area contributed by atoms with E-state index >= 15 is 0 Å². The Bertz CT molecular complexity index is 766. The van der Waals surface area contributed by atoms with E-state index in [1.54, 1.807) is 12.4 Å². The quantitative estimate of drug-likeness (QED) is 0.732. The fraction of sp³-hybridized carbons (Fsp3) is 0.526. The Morgan fingerprint density at radius 3 is 2.82 bits per heavy atom. The second-order valence-electron chi connectivity index (χ2n) is 7.38. The number of hydrogen-bond donors (Lipinski definition) is 1. The minimum absolute atomic E-state index is 0. The topological polar surface area (TPSA) is 80.5 Å². The summed E-state index contributed by atoms with van der Waals surface area (Å²) in [6, 6.07) is 5.76. The van der Waals surface area contributed by atoms with Gasteiger partial charge in [0.15, 0.2) is 5.76 Å². The molecule has 0 aromatic carbocycles. The molecule has 1 unspecified atom stereocenters. The van der Waals surface area contributed by atoms with Crippen molar-refractivity contribution in [2.45, 2.75) is 31.9 Å². The van der Waals surface area contributed by atoms with E-state index in [0.717, 1.165) is 49.4 Å². The summed E-state index contributed by atoms with van der Waals surface area (Å²) in [6.45, 7) is 3.11. The first-order valence-electron chi connectivity index (χ1n) is 9.11. The molecule has 0 radical (unpaired) electrons. The van der Waals surface area contributed by atoms with Crippen LogP contribution in [0.3, 0.4) is 0 Å². The number of likely N-dealkylation sites (N-methyl/N-ethyl adjacent to an activating group) is 1. The third-order valence-electron chi connectivity index (χ3n) is 5.34. The van der Waals surface area contributed by atoms with E-state index in [2.05, 4.69) is 20.4 Å². The molecule has 2 aliphatic heterocycles. The lowest BCUT2D eigenvalue weighted by atomic mass is 9.76. The second-order valence-corrected chi connectivity index (χ2v) is 7.38. The van der Waals surface area contributed by atoms with Crippen LogP contribution in [0.25, 0.3) is 11.3 Å². The molecule has 0 bridgehead atoms. The number of cyclic esters (lactones) is 1. The van der Waals surface area contributed by atoms with Gasteiger partial charge in [-0.25, -0.2) is 0 Å². The fourth-order valence-corrected chi connectivity index (χ4v) is 3.97. The molecule has 7 nitrogen and oxygen atoms in total. The summed E-state index contributed by atoms with van der Waals surface area (Å²) in [7, 11) is 2.01. The number of ether oxygens (including phenoxy) is 1. The monoisotopic (exact) mass is 428 g/mol. The maximum absolute atomic E-state index is 12.4. The average molecular weight is 429 g/mol. The van der Waals surface area contributed by atoms with Crippen LogP contribution in [0.4, 0.5) is 0 Å². The zero-order chi connectivity index (χ0) is 18.0. The summed E-state index contributed by atoms with van der Waals surface area (Å²) in [4.78, 5) is 18.6. The van der Waals surface area contributed by atoms with Gasteiger partial charge in [0.25, 0.3) is 0 Å². The Morgan fingerprint density at radius 1 is 1.32 bits per heavy atom. The fourth-order valence-electron chi connectivity index (χ4n) is 3.97. The molecule has 4 heterocycles. The van der Waals surface area contributed by atoms with Crippen molar-refractivity contribution in [3.63, 3.8) is 0 Å². The Hall–Kier alpha value is -1.67. The standard InChI is InChI=1S/C19H24N4O3.2ClH/c1-23(12-15-9-17(22-26-15)14-3-2-6-21-11-14)13-16-10-19(18(24)25-16)4-7-20-8-5-19;;/h2-3,6,9,11,16,20H,4-5,7-8,10,12-13H2,1H3;2*1H. The zero-order valence-corrected chi connectivity index (χ0v) is 17.4. The molecule has 0 amide bonds. The molecule has 1 N–H and O–H groups in total. The normalized spacial score (nSPS) is 20.5.